The second-order valence-corrected chi connectivity index (χ2v) is 10.7. The van der Waals surface area contributed by atoms with Gasteiger partial charge in [0.15, 0.2) is 5.82 Å². The van der Waals surface area contributed by atoms with E-state index in [0.29, 0.717) is 11.3 Å². The zero-order valence-corrected chi connectivity index (χ0v) is 22.1. The molecule has 1 aromatic heterocycles. The Balaban J connectivity index is 1.42. The average Bonchev–Trinajstić information content (AvgIpc) is 3.74. The molecule has 38 heavy (non-hydrogen) atoms. The molecule has 1 aliphatic heterocycles. The Hall–Kier alpha value is -3.49. The summed E-state index contributed by atoms with van der Waals surface area (Å²) < 4.78 is 1.57. The fourth-order valence-electron chi connectivity index (χ4n) is 5.18. The van der Waals surface area contributed by atoms with Crippen LogP contribution in [0.15, 0.2) is 65.7 Å². The molecule has 2 aliphatic rings. The summed E-state index contributed by atoms with van der Waals surface area (Å²) in [5, 5.41) is 16.4. The highest BCUT2D eigenvalue weighted by Gasteiger charge is 2.26. The third-order valence-electron chi connectivity index (χ3n) is 7.61. The molecule has 2 fully saturated rings. The van der Waals surface area contributed by atoms with Crippen molar-refractivity contribution >= 4 is 11.7 Å². The number of aryl methyl sites for hydroxylation is 1. The van der Waals surface area contributed by atoms with E-state index in [4.69, 9.17) is 0 Å². The fraction of sp³-hybridized carbons (Fsp3) is 0.433. The SMILES string of the molecule is Cc1ccc(C(=O)NC2CC2)cc1-n1ccnc(N[C@@H](c2ccccc2)[C@H](C)CN2CCC(O)CC2)c1=O. The van der Waals surface area contributed by atoms with Gasteiger partial charge in [0.05, 0.1) is 17.8 Å². The summed E-state index contributed by atoms with van der Waals surface area (Å²) in [6.45, 7) is 6.70. The lowest BCUT2D eigenvalue weighted by Crippen LogP contribution is -2.40. The molecule has 1 aliphatic carbocycles. The first kappa shape index (κ1) is 26.1. The number of carbonyl (C=O) groups is 1. The number of amides is 1. The molecule has 0 spiro atoms. The van der Waals surface area contributed by atoms with Gasteiger partial charge in [0.1, 0.15) is 0 Å². The van der Waals surface area contributed by atoms with Crippen molar-refractivity contribution in [2.75, 3.05) is 25.0 Å². The topological polar surface area (TPSA) is 99.5 Å². The van der Waals surface area contributed by atoms with E-state index in [2.05, 4.69) is 39.6 Å². The molecule has 1 saturated heterocycles. The third-order valence-corrected chi connectivity index (χ3v) is 7.61. The number of aliphatic hydroxyl groups is 1. The quantitative estimate of drug-likeness (QED) is 0.402. The summed E-state index contributed by atoms with van der Waals surface area (Å²) >= 11 is 0. The molecular weight excluding hydrogens is 478 g/mol. The Morgan fingerprint density at radius 2 is 1.84 bits per heavy atom. The van der Waals surface area contributed by atoms with E-state index in [1.807, 2.05) is 31.2 Å². The zero-order chi connectivity index (χ0) is 26.6. The Bertz CT molecular complexity index is 1310. The van der Waals surface area contributed by atoms with Crippen LogP contribution >= 0.6 is 0 Å². The molecule has 1 saturated carbocycles. The molecule has 8 nitrogen and oxygen atoms in total. The van der Waals surface area contributed by atoms with Crippen molar-refractivity contribution in [2.45, 2.75) is 57.7 Å². The number of anilines is 1. The third kappa shape index (κ3) is 6.14. The van der Waals surface area contributed by atoms with Gasteiger partial charge in [-0.25, -0.2) is 4.98 Å². The number of aliphatic hydroxyl groups excluding tert-OH is 1. The van der Waals surface area contributed by atoms with Crippen LogP contribution in [0.1, 0.15) is 60.1 Å². The number of likely N-dealkylation sites (tertiary alicyclic amines) is 1. The van der Waals surface area contributed by atoms with Crippen LogP contribution in [0.4, 0.5) is 5.82 Å². The van der Waals surface area contributed by atoms with Crippen LogP contribution in [0.25, 0.3) is 5.69 Å². The van der Waals surface area contributed by atoms with E-state index in [1.54, 1.807) is 29.1 Å². The van der Waals surface area contributed by atoms with Crippen LogP contribution < -0.4 is 16.2 Å². The Kier molecular flexibility index (Phi) is 7.90. The number of hydrogen-bond acceptors (Lipinski definition) is 6. The van der Waals surface area contributed by atoms with Crippen molar-refractivity contribution < 1.29 is 9.90 Å². The summed E-state index contributed by atoms with van der Waals surface area (Å²) in [4.78, 5) is 33.2. The van der Waals surface area contributed by atoms with Crippen molar-refractivity contribution in [3.05, 3.63) is 88.0 Å². The smallest absolute Gasteiger partial charge is 0.297 e. The molecule has 0 bridgehead atoms. The van der Waals surface area contributed by atoms with Crippen molar-refractivity contribution in [1.29, 1.82) is 0 Å². The van der Waals surface area contributed by atoms with Crippen LogP contribution in [0.2, 0.25) is 0 Å². The highest BCUT2D eigenvalue weighted by molar-refractivity contribution is 5.95. The monoisotopic (exact) mass is 515 g/mol. The molecule has 0 unspecified atom stereocenters. The standard InChI is InChI=1S/C30H37N5O3/c1-20-8-9-23(29(37)32-24-10-11-24)18-26(20)35-17-14-31-28(30(35)38)33-27(22-6-4-3-5-7-22)21(2)19-34-15-12-25(36)13-16-34/h3-9,14,17-18,21,24-25,27,36H,10-13,15-16,19H2,1-2H3,(H,31,33)(H,32,37)/t21-,27-/m1/s1. The Labute approximate surface area is 223 Å². The number of piperidine rings is 1. The first-order chi connectivity index (χ1) is 18.4. The number of benzene rings is 2. The summed E-state index contributed by atoms with van der Waals surface area (Å²) in [6.07, 6.45) is 6.68. The molecule has 1 amide bonds. The highest BCUT2D eigenvalue weighted by Crippen LogP contribution is 2.27. The summed E-state index contributed by atoms with van der Waals surface area (Å²) in [6, 6.07) is 15.7. The lowest BCUT2D eigenvalue weighted by molar-refractivity contribution is 0.0744. The maximum atomic E-state index is 13.7. The lowest BCUT2D eigenvalue weighted by Gasteiger charge is -2.34. The van der Waals surface area contributed by atoms with Crippen LogP contribution in [0.3, 0.4) is 0 Å². The second-order valence-electron chi connectivity index (χ2n) is 10.7. The van der Waals surface area contributed by atoms with Crippen LogP contribution in [-0.2, 0) is 0 Å². The largest absolute Gasteiger partial charge is 0.393 e. The predicted molar refractivity (Wildman–Crippen MR) is 149 cm³/mol. The van der Waals surface area contributed by atoms with E-state index in [9.17, 15) is 14.7 Å². The van der Waals surface area contributed by atoms with Crippen molar-refractivity contribution in [3.63, 3.8) is 0 Å². The minimum absolute atomic E-state index is 0.114. The minimum atomic E-state index is -0.260. The fourth-order valence-corrected chi connectivity index (χ4v) is 5.18. The highest BCUT2D eigenvalue weighted by atomic mass is 16.3. The van der Waals surface area contributed by atoms with Gasteiger partial charge in [-0.05, 0) is 61.8 Å². The molecule has 2 heterocycles. The van der Waals surface area contributed by atoms with Crippen LogP contribution in [0.5, 0.6) is 0 Å². The van der Waals surface area contributed by atoms with Gasteiger partial charge in [0, 0.05) is 43.6 Å². The number of hydrogen-bond donors (Lipinski definition) is 3. The van der Waals surface area contributed by atoms with Gasteiger partial charge in [-0.15, -0.1) is 0 Å². The molecule has 0 radical (unpaired) electrons. The van der Waals surface area contributed by atoms with Gasteiger partial charge in [-0.2, -0.15) is 0 Å². The summed E-state index contributed by atoms with van der Waals surface area (Å²) in [5.74, 6) is 0.339. The summed E-state index contributed by atoms with van der Waals surface area (Å²) in [7, 11) is 0. The maximum absolute atomic E-state index is 13.7. The van der Waals surface area contributed by atoms with E-state index < -0.39 is 0 Å². The van der Waals surface area contributed by atoms with Gasteiger partial charge in [0.2, 0.25) is 0 Å². The van der Waals surface area contributed by atoms with Crippen molar-refractivity contribution in [3.8, 4) is 5.69 Å². The molecule has 8 heteroatoms. The van der Waals surface area contributed by atoms with Gasteiger partial charge in [-0.3, -0.25) is 14.2 Å². The number of nitrogens with zero attached hydrogens (tertiary/aromatic N) is 3. The zero-order valence-electron chi connectivity index (χ0n) is 22.1. The van der Waals surface area contributed by atoms with Crippen LogP contribution in [0, 0.1) is 12.8 Å². The average molecular weight is 516 g/mol. The Morgan fingerprint density at radius 3 is 2.55 bits per heavy atom. The maximum Gasteiger partial charge on any atom is 0.297 e. The van der Waals surface area contributed by atoms with Gasteiger partial charge < -0.3 is 20.6 Å². The van der Waals surface area contributed by atoms with Gasteiger partial charge in [0.25, 0.3) is 11.5 Å². The molecule has 200 valence electrons. The predicted octanol–water partition coefficient (Wildman–Crippen LogP) is 3.68. The van der Waals surface area contributed by atoms with Gasteiger partial charge in [-0.1, -0.05) is 43.3 Å². The van der Waals surface area contributed by atoms with Crippen molar-refractivity contribution in [1.82, 2.24) is 19.8 Å². The molecule has 5 rings (SSSR count). The van der Waals surface area contributed by atoms with Crippen molar-refractivity contribution in [2.24, 2.45) is 5.92 Å². The minimum Gasteiger partial charge on any atom is -0.393 e. The summed E-state index contributed by atoms with van der Waals surface area (Å²) in [5.41, 5.74) is 2.93. The van der Waals surface area contributed by atoms with Crippen LogP contribution in [-0.4, -0.2) is 57.2 Å². The normalized spacial score (nSPS) is 18.1. The van der Waals surface area contributed by atoms with E-state index >= 15 is 0 Å². The van der Waals surface area contributed by atoms with E-state index in [0.717, 1.165) is 56.4 Å². The molecular formula is C30H37N5O3. The number of nitrogens with one attached hydrogen (secondary N) is 2. The van der Waals surface area contributed by atoms with E-state index in [1.165, 1.54) is 0 Å². The number of rotatable bonds is 9. The molecule has 2 atom stereocenters. The lowest BCUT2D eigenvalue weighted by atomic mass is 9.93. The Morgan fingerprint density at radius 1 is 1.11 bits per heavy atom. The molecule has 3 aromatic rings. The second kappa shape index (κ2) is 11.5. The number of aromatic nitrogens is 2. The first-order valence-corrected chi connectivity index (χ1v) is 13.6. The van der Waals surface area contributed by atoms with Gasteiger partial charge >= 0.3 is 0 Å². The molecule has 3 N–H and O–H groups in total. The first-order valence-electron chi connectivity index (χ1n) is 13.6. The molecule has 2 aromatic carbocycles. The van der Waals surface area contributed by atoms with E-state index in [-0.39, 0.29) is 41.4 Å². The number of carbonyl (C=O) groups excluding carboxylic acids is 1.